The van der Waals surface area contributed by atoms with Crippen LogP contribution in [-0.2, 0) is 22.4 Å². The van der Waals surface area contributed by atoms with Gasteiger partial charge in [0.25, 0.3) is 0 Å². The van der Waals surface area contributed by atoms with Crippen molar-refractivity contribution < 1.29 is 28.5 Å². The van der Waals surface area contributed by atoms with E-state index in [-0.39, 0.29) is 25.4 Å². The van der Waals surface area contributed by atoms with Crippen LogP contribution in [-0.4, -0.2) is 38.5 Å². The van der Waals surface area contributed by atoms with E-state index in [1.54, 1.807) is 0 Å². The first kappa shape index (κ1) is 30.1. The van der Waals surface area contributed by atoms with E-state index in [9.17, 15) is 9.59 Å². The smallest absolute Gasteiger partial charge is 0.231 e. The predicted molar refractivity (Wildman–Crippen MR) is 179 cm³/mol. The SMILES string of the molecule is CCNC(=O)C[C@H]1[C@H](Cc2ccc3c(c2)OCO3)[C@@H]2C=C[C@H]3[C@H]4C=C[C@@H]([C@H]3[C@@H]21)[C@@H]1[C@@H](Cc2ccc3c(c2)OCO3)[C@H](CC(=O)NCC)[C@H]41. The number of rotatable bonds is 10. The summed E-state index contributed by atoms with van der Waals surface area (Å²) in [4.78, 5) is 26.3. The third kappa shape index (κ3) is 4.76. The molecule has 0 unspecified atom stereocenters. The summed E-state index contributed by atoms with van der Waals surface area (Å²) in [7, 11) is 0. The Morgan fingerprint density at radius 3 is 1.62 bits per heavy atom. The van der Waals surface area contributed by atoms with Crippen LogP contribution < -0.4 is 29.6 Å². The van der Waals surface area contributed by atoms with Gasteiger partial charge >= 0.3 is 0 Å². The standard InChI is InChI=1S/C40H46N2O6/c1-3-41-35(43)17-29-27(13-21-5-11-31-33(15-21)47-19-45-31)25-8-7-23-24-9-10-26(37(23)39(25)29)40-28(30(38(24)40)18-36(44)42-4-2)14-22-6-12-32-34(16-22)48-20-46-32/h5-12,15-16,23-30,37-40H,3-4,13-14,17-20H2,1-2H3,(H,41,43)(H,42,44)/t23-,24+,25-,26-,27+,28-,29-,30-,37-,38-,39-,40+/m0/s1. The lowest BCUT2D eigenvalue weighted by atomic mass is 9.33. The van der Waals surface area contributed by atoms with E-state index < -0.39 is 0 Å². The molecule has 6 aliphatic carbocycles. The molecule has 2 amide bonds. The second-order valence-corrected chi connectivity index (χ2v) is 15.1. The van der Waals surface area contributed by atoms with Gasteiger partial charge in [0.2, 0.25) is 25.4 Å². The first-order valence-corrected chi connectivity index (χ1v) is 18.2. The molecule has 0 radical (unpaired) electrons. The maximum atomic E-state index is 13.2. The first-order chi connectivity index (χ1) is 23.5. The van der Waals surface area contributed by atoms with Gasteiger partial charge in [-0.1, -0.05) is 36.4 Å². The monoisotopic (exact) mass is 650 g/mol. The van der Waals surface area contributed by atoms with Gasteiger partial charge in [-0.05, 0) is 133 Å². The van der Waals surface area contributed by atoms with E-state index in [1.165, 1.54) is 11.1 Å². The molecule has 0 aromatic heterocycles. The van der Waals surface area contributed by atoms with Crippen molar-refractivity contribution in [1.82, 2.24) is 10.6 Å². The molecule has 2 bridgehead atoms. The number of ether oxygens (including phenoxy) is 4. The van der Waals surface area contributed by atoms with Crippen LogP contribution in [0.3, 0.4) is 0 Å². The zero-order valence-corrected chi connectivity index (χ0v) is 27.8. The summed E-state index contributed by atoms with van der Waals surface area (Å²) < 4.78 is 22.6. The van der Waals surface area contributed by atoms with Crippen LogP contribution in [0.25, 0.3) is 0 Å². The molecule has 0 saturated heterocycles. The molecule has 3 saturated carbocycles. The highest BCUT2D eigenvalue weighted by Crippen LogP contribution is 2.71. The third-order valence-corrected chi connectivity index (χ3v) is 13.2. The molecule has 2 N–H and O–H groups in total. The molecule has 48 heavy (non-hydrogen) atoms. The summed E-state index contributed by atoms with van der Waals surface area (Å²) >= 11 is 0. The summed E-state index contributed by atoms with van der Waals surface area (Å²) in [5.74, 6) is 8.99. The van der Waals surface area contributed by atoms with Crippen molar-refractivity contribution >= 4 is 11.8 Å². The van der Waals surface area contributed by atoms with E-state index in [0.29, 0.717) is 96.9 Å². The second-order valence-electron chi connectivity index (χ2n) is 15.1. The fourth-order valence-corrected chi connectivity index (χ4v) is 11.5. The predicted octanol–water partition coefficient (Wildman–Crippen LogP) is 5.56. The first-order valence-electron chi connectivity index (χ1n) is 18.2. The highest BCUT2D eigenvalue weighted by Gasteiger charge is 2.67. The van der Waals surface area contributed by atoms with Gasteiger partial charge in [-0.2, -0.15) is 0 Å². The zero-order chi connectivity index (χ0) is 32.5. The van der Waals surface area contributed by atoms with Crippen molar-refractivity contribution in [2.75, 3.05) is 26.7 Å². The lowest BCUT2D eigenvalue weighted by molar-refractivity contribution is -0.191. The quantitative estimate of drug-likeness (QED) is 0.328. The summed E-state index contributed by atoms with van der Waals surface area (Å²) in [5, 5.41) is 6.21. The van der Waals surface area contributed by atoms with Crippen LogP contribution in [0.2, 0.25) is 0 Å². The third-order valence-electron chi connectivity index (χ3n) is 13.2. The number of nitrogens with one attached hydrogen (secondary N) is 2. The highest BCUT2D eigenvalue weighted by atomic mass is 16.7. The summed E-state index contributed by atoms with van der Waals surface area (Å²) in [6, 6.07) is 12.7. The molecular formula is C40H46N2O6. The molecular weight excluding hydrogens is 604 g/mol. The molecule has 8 heteroatoms. The summed E-state index contributed by atoms with van der Waals surface area (Å²) in [5.41, 5.74) is 2.51. The van der Waals surface area contributed by atoms with Gasteiger partial charge in [0.05, 0.1) is 0 Å². The van der Waals surface area contributed by atoms with E-state index in [0.717, 1.165) is 35.8 Å². The van der Waals surface area contributed by atoms with E-state index >= 15 is 0 Å². The Balaban J connectivity index is 1.02. The van der Waals surface area contributed by atoms with Crippen LogP contribution in [0.5, 0.6) is 23.0 Å². The Bertz CT molecular complexity index is 1670. The topological polar surface area (TPSA) is 95.1 Å². The molecule has 12 atom stereocenters. The van der Waals surface area contributed by atoms with Crippen LogP contribution in [0.1, 0.15) is 37.8 Å². The number of fused-ring (bicyclic) bond motifs is 3. The Labute approximate surface area is 282 Å². The van der Waals surface area contributed by atoms with Crippen LogP contribution >= 0.6 is 0 Å². The molecule has 8 nitrogen and oxygen atoms in total. The van der Waals surface area contributed by atoms with Gasteiger partial charge in [0.1, 0.15) is 0 Å². The van der Waals surface area contributed by atoms with E-state index in [2.05, 4.69) is 59.2 Å². The van der Waals surface area contributed by atoms with Gasteiger partial charge < -0.3 is 29.6 Å². The lowest BCUT2D eigenvalue weighted by Gasteiger charge is -2.71. The number of allylic oxidation sites excluding steroid dienone is 4. The Hall–Kier alpha value is -3.94. The highest BCUT2D eigenvalue weighted by molar-refractivity contribution is 5.77. The molecule has 252 valence electrons. The van der Waals surface area contributed by atoms with Crippen molar-refractivity contribution in [2.45, 2.75) is 39.5 Å². The lowest BCUT2D eigenvalue weighted by Crippen LogP contribution is -2.67. The minimum atomic E-state index is 0.170. The minimum Gasteiger partial charge on any atom is -0.454 e. The molecule has 0 spiro atoms. The normalized spacial score (nSPS) is 36.7. The van der Waals surface area contributed by atoms with Gasteiger partial charge in [-0.3, -0.25) is 9.59 Å². The van der Waals surface area contributed by atoms with Crippen molar-refractivity contribution in [3.63, 3.8) is 0 Å². The van der Waals surface area contributed by atoms with Gasteiger partial charge in [0, 0.05) is 25.9 Å². The number of hydrogen-bond donors (Lipinski definition) is 2. The summed E-state index contributed by atoms with van der Waals surface area (Å²) in [6.45, 7) is 5.87. The molecule has 2 aromatic carbocycles. The minimum absolute atomic E-state index is 0.170. The second kappa shape index (κ2) is 11.9. The average molecular weight is 651 g/mol. The van der Waals surface area contributed by atoms with Crippen molar-refractivity contribution in [1.29, 1.82) is 0 Å². The van der Waals surface area contributed by atoms with E-state index in [1.807, 2.05) is 26.0 Å². The Morgan fingerprint density at radius 2 is 1.02 bits per heavy atom. The Morgan fingerprint density at radius 1 is 0.562 bits per heavy atom. The van der Waals surface area contributed by atoms with Crippen LogP contribution in [0.4, 0.5) is 0 Å². The van der Waals surface area contributed by atoms with Crippen LogP contribution in [0, 0.1) is 71.0 Å². The molecule has 2 heterocycles. The molecule has 10 rings (SSSR count). The largest absolute Gasteiger partial charge is 0.454 e. The fourth-order valence-electron chi connectivity index (χ4n) is 11.5. The number of amides is 2. The van der Waals surface area contributed by atoms with Crippen molar-refractivity contribution in [3.8, 4) is 23.0 Å². The maximum Gasteiger partial charge on any atom is 0.231 e. The number of carbonyl (C=O) groups is 2. The van der Waals surface area contributed by atoms with Gasteiger partial charge in [-0.25, -0.2) is 0 Å². The number of carbonyl (C=O) groups excluding carboxylic acids is 2. The molecule has 8 aliphatic rings. The fraction of sp³-hybridized carbons (Fsp3) is 0.550. The van der Waals surface area contributed by atoms with Gasteiger partial charge in [0.15, 0.2) is 23.0 Å². The maximum absolute atomic E-state index is 13.2. The van der Waals surface area contributed by atoms with Crippen molar-refractivity contribution in [3.05, 3.63) is 71.8 Å². The van der Waals surface area contributed by atoms with Gasteiger partial charge in [-0.15, -0.1) is 0 Å². The Kier molecular flexibility index (Phi) is 7.46. The average Bonchev–Trinajstić information content (AvgIpc) is 3.76. The van der Waals surface area contributed by atoms with Crippen LogP contribution in [0.15, 0.2) is 60.7 Å². The van der Waals surface area contributed by atoms with Crippen molar-refractivity contribution in [2.24, 2.45) is 71.0 Å². The number of benzene rings is 2. The van der Waals surface area contributed by atoms with E-state index in [4.69, 9.17) is 18.9 Å². The molecule has 2 aromatic rings. The zero-order valence-electron chi connectivity index (χ0n) is 27.8. The molecule has 2 aliphatic heterocycles. The summed E-state index contributed by atoms with van der Waals surface area (Å²) in [6.07, 6.45) is 13.2. The number of hydrogen-bond acceptors (Lipinski definition) is 6. The molecule has 3 fully saturated rings.